The molecule has 1 atom stereocenters. The summed E-state index contributed by atoms with van der Waals surface area (Å²) >= 11 is 0. The Morgan fingerprint density at radius 3 is 2.54 bits per heavy atom. The Morgan fingerprint density at radius 1 is 1.38 bits per heavy atom. The molecule has 0 aromatic carbocycles. The van der Waals surface area contributed by atoms with E-state index in [4.69, 9.17) is 4.74 Å². The molecular formula is C11H18O2. The molecule has 0 aromatic rings. The van der Waals surface area contributed by atoms with Crippen LogP contribution in [0.3, 0.4) is 0 Å². The molecule has 0 aromatic heterocycles. The summed E-state index contributed by atoms with van der Waals surface area (Å²) < 4.78 is 5.58. The smallest absolute Gasteiger partial charge is 0.142 e. The van der Waals surface area contributed by atoms with Crippen molar-refractivity contribution in [2.24, 2.45) is 0 Å². The van der Waals surface area contributed by atoms with E-state index < -0.39 is 0 Å². The molecule has 0 saturated heterocycles. The van der Waals surface area contributed by atoms with Gasteiger partial charge in [-0.1, -0.05) is 18.2 Å². The Morgan fingerprint density at radius 2 is 2.08 bits per heavy atom. The Hall–Kier alpha value is -0.890. The molecular weight excluding hydrogens is 164 g/mol. The fraction of sp³-hybridized carbons (Fsp3) is 0.545. The van der Waals surface area contributed by atoms with Gasteiger partial charge in [0.1, 0.15) is 6.29 Å². The lowest BCUT2D eigenvalue weighted by Gasteiger charge is -2.15. The normalized spacial score (nSPS) is 14.5. The van der Waals surface area contributed by atoms with Gasteiger partial charge in [-0.05, 0) is 33.3 Å². The van der Waals surface area contributed by atoms with Gasteiger partial charge in [0.15, 0.2) is 0 Å². The summed E-state index contributed by atoms with van der Waals surface area (Å²) in [5.74, 6) is 0. The number of allylic oxidation sites excluding steroid dienone is 2. The summed E-state index contributed by atoms with van der Waals surface area (Å²) in [4.78, 5) is 10.0. The molecule has 2 heteroatoms. The van der Waals surface area contributed by atoms with Gasteiger partial charge in [-0.3, -0.25) is 4.79 Å². The molecule has 0 amide bonds. The Labute approximate surface area is 80.3 Å². The van der Waals surface area contributed by atoms with E-state index in [-0.39, 0.29) is 12.2 Å². The molecule has 0 heterocycles. The van der Waals surface area contributed by atoms with E-state index in [0.29, 0.717) is 0 Å². The van der Waals surface area contributed by atoms with Crippen molar-refractivity contribution in [3.63, 3.8) is 0 Å². The maximum absolute atomic E-state index is 10.0. The molecule has 0 N–H and O–H groups in total. The van der Waals surface area contributed by atoms with E-state index in [1.165, 1.54) is 6.08 Å². The van der Waals surface area contributed by atoms with Crippen LogP contribution in [0.4, 0.5) is 0 Å². The predicted octanol–water partition coefficient (Wildman–Crippen LogP) is 2.50. The van der Waals surface area contributed by atoms with Gasteiger partial charge in [-0.25, -0.2) is 0 Å². The van der Waals surface area contributed by atoms with E-state index in [1.54, 1.807) is 0 Å². The van der Waals surface area contributed by atoms with E-state index in [2.05, 4.69) is 0 Å². The Kier molecular flexibility index (Phi) is 7.21. The zero-order chi connectivity index (χ0) is 10.1. The van der Waals surface area contributed by atoms with Crippen LogP contribution in [0.25, 0.3) is 0 Å². The summed E-state index contributed by atoms with van der Waals surface area (Å²) in [6, 6.07) is 0. The number of carbonyl (C=O) groups excluding carboxylic acids is 1. The Balaban J connectivity index is 3.93. The van der Waals surface area contributed by atoms with Crippen molar-refractivity contribution in [2.45, 2.75) is 39.4 Å². The van der Waals surface area contributed by atoms with Crippen molar-refractivity contribution in [3.05, 3.63) is 24.3 Å². The minimum Gasteiger partial charge on any atom is -0.371 e. The van der Waals surface area contributed by atoms with Crippen LogP contribution in [0.5, 0.6) is 0 Å². The third-order valence-electron chi connectivity index (χ3n) is 1.44. The van der Waals surface area contributed by atoms with Gasteiger partial charge in [0.25, 0.3) is 0 Å². The summed E-state index contributed by atoms with van der Waals surface area (Å²) in [5, 5.41) is 0. The highest BCUT2D eigenvalue weighted by molar-refractivity contribution is 5.64. The number of ether oxygens (including phenoxy) is 1. The van der Waals surface area contributed by atoms with E-state index in [9.17, 15) is 4.79 Å². The van der Waals surface area contributed by atoms with Crippen molar-refractivity contribution in [1.29, 1.82) is 0 Å². The molecule has 0 aliphatic rings. The number of hydrogen-bond donors (Lipinski definition) is 0. The quantitative estimate of drug-likeness (QED) is 0.358. The molecule has 0 aliphatic heterocycles. The summed E-state index contributed by atoms with van der Waals surface area (Å²) in [5.41, 5.74) is 0. The average Bonchev–Trinajstić information content (AvgIpc) is 2.04. The number of hydrogen-bond acceptors (Lipinski definition) is 2. The van der Waals surface area contributed by atoms with Crippen molar-refractivity contribution in [1.82, 2.24) is 0 Å². The lowest BCUT2D eigenvalue weighted by Crippen LogP contribution is -2.14. The third kappa shape index (κ3) is 7.47. The molecule has 0 bridgehead atoms. The maximum Gasteiger partial charge on any atom is 0.142 e. The third-order valence-corrected chi connectivity index (χ3v) is 1.44. The van der Waals surface area contributed by atoms with Gasteiger partial charge in [0.2, 0.25) is 0 Å². The van der Waals surface area contributed by atoms with Crippen LogP contribution in [0.15, 0.2) is 24.3 Å². The largest absolute Gasteiger partial charge is 0.371 e. The minimum atomic E-state index is 0.0844. The second kappa shape index (κ2) is 7.74. The first kappa shape index (κ1) is 12.1. The van der Waals surface area contributed by atoms with Crippen LogP contribution >= 0.6 is 0 Å². The van der Waals surface area contributed by atoms with E-state index >= 15 is 0 Å². The van der Waals surface area contributed by atoms with Crippen LogP contribution in [-0.2, 0) is 9.53 Å². The molecule has 0 rings (SSSR count). The minimum absolute atomic E-state index is 0.0844. The highest BCUT2D eigenvalue weighted by Gasteiger charge is 2.04. The first-order valence-electron chi connectivity index (χ1n) is 4.59. The molecule has 0 spiro atoms. The van der Waals surface area contributed by atoms with Crippen molar-refractivity contribution >= 4 is 6.29 Å². The fourth-order valence-electron chi connectivity index (χ4n) is 1.01. The molecule has 0 radical (unpaired) electrons. The summed E-state index contributed by atoms with van der Waals surface area (Å²) in [6.07, 6.45) is 9.10. The fourth-order valence-corrected chi connectivity index (χ4v) is 1.01. The van der Waals surface area contributed by atoms with Gasteiger partial charge in [0.05, 0.1) is 12.2 Å². The Bertz CT molecular complexity index is 181. The van der Waals surface area contributed by atoms with Crippen LogP contribution in [0, 0.1) is 0 Å². The molecule has 2 nitrogen and oxygen atoms in total. The SMILES string of the molecule is CC=CC(CC=CC=O)OC(C)C. The predicted molar refractivity (Wildman–Crippen MR) is 54.6 cm³/mol. The first-order valence-corrected chi connectivity index (χ1v) is 4.59. The van der Waals surface area contributed by atoms with E-state index in [0.717, 1.165) is 12.7 Å². The van der Waals surface area contributed by atoms with Crippen LogP contribution < -0.4 is 0 Å². The highest BCUT2D eigenvalue weighted by atomic mass is 16.5. The maximum atomic E-state index is 10.0. The van der Waals surface area contributed by atoms with Gasteiger partial charge < -0.3 is 4.74 Å². The van der Waals surface area contributed by atoms with Crippen LogP contribution in [0.1, 0.15) is 27.2 Å². The van der Waals surface area contributed by atoms with Crippen molar-refractivity contribution in [2.75, 3.05) is 0 Å². The van der Waals surface area contributed by atoms with Gasteiger partial charge in [0, 0.05) is 0 Å². The zero-order valence-corrected chi connectivity index (χ0v) is 8.57. The zero-order valence-electron chi connectivity index (χ0n) is 8.57. The second-order valence-electron chi connectivity index (χ2n) is 3.05. The molecule has 0 fully saturated rings. The number of rotatable bonds is 6. The summed E-state index contributed by atoms with van der Waals surface area (Å²) in [7, 11) is 0. The number of aldehydes is 1. The second-order valence-corrected chi connectivity index (χ2v) is 3.05. The lowest BCUT2D eigenvalue weighted by molar-refractivity contribution is -0.104. The van der Waals surface area contributed by atoms with Crippen LogP contribution in [-0.4, -0.2) is 18.5 Å². The van der Waals surface area contributed by atoms with Crippen molar-refractivity contribution < 1.29 is 9.53 Å². The summed E-state index contributed by atoms with van der Waals surface area (Å²) in [6.45, 7) is 5.96. The average molecular weight is 182 g/mol. The van der Waals surface area contributed by atoms with Gasteiger partial charge in [-0.15, -0.1) is 0 Å². The first-order chi connectivity index (χ1) is 6.20. The molecule has 74 valence electrons. The topological polar surface area (TPSA) is 26.3 Å². The van der Waals surface area contributed by atoms with E-state index in [1.807, 2.05) is 39.0 Å². The van der Waals surface area contributed by atoms with Gasteiger partial charge in [-0.2, -0.15) is 0 Å². The van der Waals surface area contributed by atoms with Crippen LogP contribution in [0.2, 0.25) is 0 Å². The van der Waals surface area contributed by atoms with Gasteiger partial charge >= 0.3 is 0 Å². The monoisotopic (exact) mass is 182 g/mol. The lowest BCUT2D eigenvalue weighted by atomic mass is 10.2. The molecule has 0 saturated carbocycles. The molecule has 13 heavy (non-hydrogen) atoms. The standard InChI is InChI=1S/C11H18O2/c1-4-7-11(13-10(2)3)8-5-6-9-12/h4-7,9-11H,8H2,1-3H3. The molecule has 1 unspecified atom stereocenters. The number of carbonyl (C=O) groups is 1. The highest BCUT2D eigenvalue weighted by Crippen LogP contribution is 2.05. The van der Waals surface area contributed by atoms with Crippen molar-refractivity contribution in [3.8, 4) is 0 Å². The molecule has 0 aliphatic carbocycles.